The molecule has 5 nitrogen and oxygen atoms in total. The van der Waals surface area contributed by atoms with Gasteiger partial charge in [-0.1, -0.05) is 18.6 Å². The number of likely N-dealkylation sites (tertiary alicyclic amines) is 1. The van der Waals surface area contributed by atoms with Crippen LogP contribution in [0.1, 0.15) is 24.8 Å². The van der Waals surface area contributed by atoms with Crippen LogP contribution in [0.15, 0.2) is 33.5 Å². The van der Waals surface area contributed by atoms with Gasteiger partial charge in [-0.15, -0.1) is 0 Å². The Labute approximate surface area is 135 Å². The minimum Gasteiger partial charge on any atom is -0.490 e. The molecule has 3 rings (SSSR count). The van der Waals surface area contributed by atoms with E-state index in [4.69, 9.17) is 9.15 Å². The number of fused-ring (bicyclic) bond motifs is 1. The van der Waals surface area contributed by atoms with Gasteiger partial charge in [-0.3, -0.25) is 0 Å². The normalized spacial score (nSPS) is 17.3. The lowest BCUT2D eigenvalue weighted by Gasteiger charge is -2.28. The molecule has 124 valence electrons. The van der Waals surface area contributed by atoms with Crippen molar-refractivity contribution in [2.24, 2.45) is 0 Å². The van der Waals surface area contributed by atoms with Crippen molar-refractivity contribution in [2.75, 3.05) is 26.2 Å². The highest BCUT2D eigenvalue weighted by molar-refractivity contribution is 5.86. The van der Waals surface area contributed by atoms with E-state index in [2.05, 4.69) is 4.90 Å². The van der Waals surface area contributed by atoms with Crippen LogP contribution in [0.2, 0.25) is 0 Å². The summed E-state index contributed by atoms with van der Waals surface area (Å²) in [6.45, 7) is 4.79. The summed E-state index contributed by atoms with van der Waals surface area (Å²) in [5.41, 5.74) is 1.05. The highest BCUT2D eigenvalue weighted by Gasteiger charge is 2.16. The third kappa shape index (κ3) is 3.92. The molecule has 0 saturated carbocycles. The molecular formula is C18H23NO4. The molecule has 0 bridgehead atoms. The fourth-order valence-electron chi connectivity index (χ4n) is 3.15. The Balaban J connectivity index is 1.70. The summed E-state index contributed by atoms with van der Waals surface area (Å²) < 4.78 is 11.0. The van der Waals surface area contributed by atoms with Gasteiger partial charge in [-0.05, 0) is 44.5 Å². The molecule has 1 N–H and O–H groups in total. The highest BCUT2D eigenvalue weighted by Crippen LogP contribution is 2.27. The third-order valence-electron chi connectivity index (χ3n) is 4.29. The Morgan fingerprint density at radius 3 is 2.87 bits per heavy atom. The van der Waals surface area contributed by atoms with Crippen molar-refractivity contribution in [1.82, 2.24) is 4.90 Å². The van der Waals surface area contributed by atoms with Crippen LogP contribution in [-0.2, 0) is 0 Å². The van der Waals surface area contributed by atoms with Crippen molar-refractivity contribution < 1.29 is 14.3 Å². The zero-order valence-corrected chi connectivity index (χ0v) is 13.5. The number of ether oxygens (including phenoxy) is 1. The lowest BCUT2D eigenvalue weighted by atomic mass is 10.1. The van der Waals surface area contributed by atoms with Gasteiger partial charge in [0.25, 0.3) is 0 Å². The summed E-state index contributed by atoms with van der Waals surface area (Å²) in [6, 6.07) is 6.89. The summed E-state index contributed by atoms with van der Waals surface area (Å²) in [5, 5.41) is 11.0. The topological polar surface area (TPSA) is 62.9 Å². The van der Waals surface area contributed by atoms with Gasteiger partial charge in [0.15, 0.2) is 0 Å². The summed E-state index contributed by atoms with van der Waals surface area (Å²) in [6.07, 6.45) is 3.09. The van der Waals surface area contributed by atoms with E-state index in [1.54, 1.807) is 6.07 Å². The quantitative estimate of drug-likeness (QED) is 0.858. The van der Waals surface area contributed by atoms with Gasteiger partial charge in [0.1, 0.15) is 24.0 Å². The van der Waals surface area contributed by atoms with E-state index in [0.717, 1.165) is 24.0 Å². The predicted octanol–water partition coefficient (Wildman–Crippen LogP) is 2.33. The fraction of sp³-hybridized carbons (Fsp3) is 0.500. The number of aliphatic hydroxyl groups is 1. The second kappa shape index (κ2) is 7.15. The summed E-state index contributed by atoms with van der Waals surface area (Å²) in [7, 11) is 0. The summed E-state index contributed by atoms with van der Waals surface area (Å²) >= 11 is 0. The monoisotopic (exact) mass is 317 g/mol. The average Bonchev–Trinajstić information content (AvgIpc) is 2.53. The van der Waals surface area contributed by atoms with Crippen LogP contribution in [0.3, 0.4) is 0 Å². The van der Waals surface area contributed by atoms with Gasteiger partial charge in [-0.2, -0.15) is 0 Å². The van der Waals surface area contributed by atoms with E-state index in [1.807, 2.05) is 19.1 Å². The molecular weight excluding hydrogens is 294 g/mol. The van der Waals surface area contributed by atoms with Crippen molar-refractivity contribution in [3.8, 4) is 5.75 Å². The first-order chi connectivity index (χ1) is 11.1. The van der Waals surface area contributed by atoms with Gasteiger partial charge in [0.2, 0.25) is 0 Å². The molecule has 1 aliphatic heterocycles. The Morgan fingerprint density at radius 1 is 1.30 bits per heavy atom. The van der Waals surface area contributed by atoms with E-state index in [0.29, 0.717) is 17.9 Å². The number of nitrogens with zero attached hydrogens (tertiary/aromatic N) is 1. The van der Waals surface area contributed by atoms with E-state index in [9.17, 15) is 9.90 Å². The standard InChI is InChI=1S/C18H23NO4/c1-13-6-5-7-15-18(13)16(10-17(21)23-15)22-12-14(20)11-19-8-3-2-4-9-19/h5-7,10,14,20H,2-4,8-9,11-12H2,1H3. The Bertz CT molecular complexity index is 719. The predicted molar refractivity (Wildman–Crippen MR) is 89.0 cm³/mol. The summed E-state index contributed by atoms with van der Waals surface area (Å²) in [4.78, 5) is 13.9. The van der Waals surface area contributed by atoms with Crippen molar-refractivity contribution in [3.63, 3.8) is 0 Å². The van der Waals surface area contributed by atoms with Crippen LogP contribution >= 0.6 is 0 Å². The largest absolute Gasteiger partial charge is 0.490 e. The fourth-order valence-corrected chi connectivity index (χ4v) is 3.15. The molecule has 1 aromatic carbocycles. The Kier molecular flexibility index (Phi) is 4.98. The number of piperidine rings is 1. The van der Waals surface area contributed by atoms with Gasteiger partial charge in [-0.25, -0.2) is 4.79 Å². The van der Waals surface area contributed by atoms with Crippen molar-refractivity contribution in [3.05, 3.63) is 40.2 Å². The van der Waals surface area contributed by atoms with E-state index in [-0.39, 0.29) is 6.61 Å². The second-order valence-electron chi connectivity index (χ2n) is 6.20. The number of benzene rings is 1. The number of rotatable bonds is 5. The average molecular weight is 317 g/mol. The first-order valence-electron chi connectivity index (χ1n) is 8.20. The number of β-amino-alcohol motifs (C(OH)–C–C–N with tert-alkyl or cyclic N) is 1. The minimum atomic E-state index is -0.570. The molecule has 23 heavy (non-hydrogen) atoms. The number of hydrogen-bond donors (Lipinski definition) is 1. The molecule has 0 radical (unpaired) electrons. The van der Waals surface area contributed by atoms with E-state index in [1.165, 1.54) is 25.3 Å². The lowest BCUT2D eigenvalue weighted by molar-refractivity contribution is 0.0620. The van der Waals surface area contributed by atoms with Crippen molar-refractivity contribution in [1.29, 1.82) is 0 Å². The number of hydrogen-bond acceptors (Lipinski definition) is 5. The SMILES string of the molecule is Cc1cccc2oc(=O)cc(OCC(O)CN3CCCCC3)c12. The third-order valence-corrected chi connectivity index (χ3v) is 4.29. The Morgan fingerprint density at radius 2 is 2.09 bits per heavy atom. The maximum Gasteiger partial charge on any atom is 0.339 e. The number of aryl methyl sites for hydroxylation is 1. The van der Waals surface area contributed by atoms with Crippen LogP contribution < -0.4 is 10.4 Å². The Hall–Kier alpha value is -1.85. The van der Waals surface area contributed by atoms with Gasteiger partial charge in [0, 0.05) is 6.54 Å². The molecule has 1 saturated heterocycles. The molecule has 0 amide bonds. The van der Waals surface area contributed by atoms with Crippen molar-refractivity contribution >= 4 is 11.0 Å². The van der Waals surface area contributed by atoms with Crippen LogP contribution in [0, 0.1) is 6.92 Å². The van der Waals surface area contributed by atoms with Crippen LogP contribution in [0.4, 0.5) is 0 Å². The summed E-state index contributed by atoms with van der Waals surface area (Å²) in [5.74, 6) is 0.479. The molecule has 5 heteroatoms. The molecule has 0 aliphatic carbocycles. The van der Waals surface area contributed by atoms with Crippen molar-refractivity contribution in [2.45, 2.75) is 32.3 Å². The highest BCUT2D eigenvalue weighted by atomic mass is 16.5. The van der Waals surface area contributed by atoms with Gasteiger partial charge in [0.05, 0.1) is 11.5 Å². The molecule has 1 aliphatic rings. The number of aliphatic hydroxyl groups excluding tert-OH is 1. The molecule has 0 spiro atoms. The zero-order chi connectivity index (χ0) is 16.2. The maximum atomic E-state index is 11.7. The van der Waals surface area contributed by atoms with Gasteiger partial charge < -0.3 is 19.2 Å². The smallest absolute Gasteiger partial charge is 0.339 e. The van der Waals surface area contributed by atoms with E-state index >= 15 is 0 Å². The van der Waals surface area contributed by atoms with E-state index < -0.39 is 11.7 Å². The first-order valence-corrected chi connectivity index (χ1v) is 8.20. The second-order valence-corrected chi connectivity index (χ2v) is 6.20. The van der Waals surface area contributed by atoms with Crippen LogP contribution in [0.25, 0.3) is 11.0 Å². The first kappa shape index (κ1) is 16.0. The zero-order valence-electron chi connectivity index (χ0n) is 13.5. The molecule has 1 unspecified atom stereocenters. The maximum absolute atomic E-state index is 11.7. The molecule has 1 fully saturated rings. The molecule has 2 heterocycles. The minimum absolute atomic E-state index is 0.170. The van der Waals surface area contributed by atoms with Crippen LogP contribution in [-0.4, -0.2) is 42.4 Å². The molecule has 2 aromatic rings. The molecule has 1 aromatic heterocycles. The van der Waals surface area contributed by atoms with Gasteiger partial charge >= 0.3 is 5.63 Å². The van der Waals surface area contributed by atoms with Crippen LogP contribution in [0.5, 0.6) is 5.75 Å². The lowest BCUT2D eigenvalue weighted by Crippen LogP contribution is -2.38. The molecule has 1 atom stereocenters.